The SMILES string of the molecule is CNCC(=O)c1cccnc1Br. The molecule has 4 heteroatoms. The number of hydrogen-bond acceptors (Lipinski definition) is 3. The molecule has 0 aliphatic carbocycles. The lowest BCUT2D eigenvalue weighted by atomic mass is 10.2. The molecule has 0 amide bonds. The van der Waals surface area contributed by atoms with Crippen molar-refractivity contribution in [2.45, 2.75) is 0 Å². The molecule has 0 unspecified atom stereocenters. The molecule has 0 saturated heterocycles. The van der Waals surface area contributed by atoms with Gasteiger partial charge in [-0.05, 0) is 35.1 Å². The lowest BCUT2D eigenvalue weighted by Gasteiger charge is -2.00. The standard InChI is InChI=1S/C8H9BrN2O/c1-10-5-7(12)6-3-2-4-11-8(6)9/h2-4,10H,5H2,1H3. The Balaban J connectivity index is 2.87. The number of hydrogen-bond donors (Lipinski definition) is 1. The van der Waals surface area contributed by atoms with Gasteiger partial charge in [-0.15, -0.1) is 0 Å². The van der Waals surface area contributed by atoms with Crippen LogP contribution in [0.1, 0.15) is 10.4 Å². The third-order valence-electron chi connectivity index (χ3n) is 1.40. The number of pyridine rings is 1. The van der Waals surface area contributed by atoms with E-state index in [4.69, 9.17) is 0 Å². The highest BCUT2D eigenvalue weighted by molar-refractivity contribution is 9.10. The van der Waals surface area contributed by atoms with E-state index < -0.39 is 0 Å². The summed E-state index contributed by atoms with van der Waals surface area (Å²) in [6.45, 7) is 0.338. The molecule has 0 spiro atoms. The van der Waals surface area contributed by atoms with E-state index in [1.807, 2.05) is 0 Å². The number of halogens is 1. The second kappa shape index (κ2) is 4.33. The summed E-state index contributed by atoms with van der Waals surface area (Å²) in [6, 6.07) is 3.49. The number of carbonyl (C=O) groups excluding carboxylic acids is 1. The monoisotopic (exact) mass is 228 g/mol. The molecule has 0 radical (unpaired) electrons. The highest BCUT2D eigenvalue weighted by Gasteiger charge is 2.07. The van der Waals surface area contributed by atoms with Crippen molar-refractivity contribution in [1.82, 2.24) is 10.3 Å². The van der Waals surface area contributed by atoms with Gasteiger partial charge in [0.1, 0.15) is 4.60 Å². The van der Waals surface area contributed by atoms with Crippen LogP contribution in [0.3, 0.4) is 0 Å². The minimum atomic E-state index is 0.0393. The lowest BCUT2D eigenvalue weighted by Crippen LogP contribution is -2.19. The lowest BCUT2D eigenvalue weighted by molar-refractivity contribution is 0.0992. The Bertz CT molecular complexity index is 288. The highest BCUT2D eigenvalue weighted by atomic mass is 79.9. The minimum absolute atomic E-state index is 0.0393. The number of rotatable bonds is 3. The quantitative estimate of drug-likeness (QED) is 0.626. The largest absolute Gasteiger partial charge is 0.313 e. The topological polar surface area (TPSA) is 42.0 Å². The van der Waals surface area contributed by atoms with Gasteiger partial charge in [-0.1, -0.05) is 0 Å². The number of likely N-dealkylation sites (N-methyl/N-ethyl adjacent to an activating group) is 1. The maximum absolute atomic E-state index is 11.3. The molecule has 0 fully saturated rings. The van der Waals surface area contributed by atoms with Crippen molar-refractivity contribution >= 4 is 21.7 Å². The van der Waals surface area contributed by atoms with Crippen LogP contribution >= 0.6 is 15.9 Å². The summed E-state index contributed by atoms with van der Waals surface area (Å²) < 4.78 is 0.602. The van der Waals surface area contributed by atoms with E-state index >= 15 is 0 Å². The molecule has 0 atom stereocenters. The van der Waals surface area contributed by atoms with Gasteiger partial charge in [0, 0.05) is 6.20 Å². The first kappa shape index (κ1) is 9.35. The molecule has 1 N–H and O–H groups in total. The van der Waals surface area contributed by atoms with Crippen molar-refractivity contribution in [3.05, 3.63) is 28.5 Å². The zero-order chi connectivity index (χ0) is 8.97. The van der Waals surface area contributed by atoms with E-state index in [0.717, 1.165) is 0 Å². The van der Waals surface area contributed by atoms with Crippen LogP contribution in [0, 0.1) is 0 Å². The van der Waals surface area contributed by atoms with Gasteiger partial charge in [-0.3, -0.25) is 4.79 Å². The molecule has 1 heterocycles. The van der Waals surface area contributed by atoms with E-state index in [1.54, 1.807) is 25.4 Å². The van der Waals surface area contributed by atoms with Gasteiger partial charge in [0.2, 0.25) is 0 Å². The molecule has 0 aliphatic rings. The van der Waals surface area contributed by atoms with Crippen molar-refractivity contribution in [2.75, 3.05) is 13.6 Å². The van der Waals surface area contributed by atoms with E-state index in [9.17, 15) is 4.79 Å². The molecule has 0 aliphatic heterocycles. The zero-order valence-corrected chi connectivity index (χ0v) is 8.26. The Morgan fingerprint density at radius 1 is 1.75 bits per heavy atom. The Hall–Kier alpha value is -0.740. The second-order valence-corrected chi connectivity index (χ2v) is 3.05. The minimum Gasteiger partial charge on any atom is -0.313 e. The maximum Gasteiger partial charge on any atom is 0.179 e. The molecule has 1 aromatic heterocycles. The first-order chi connectivity index (χ1) is 5.75. The van der Waals surface area contributed by atoms with E-state index in [-0.39, 0.29) is 5.78 Å². The Morgan fingerprint density at radius 2 is 2.50 bits per heavy atom. The van der Waals surface area contributed by atoms with Gasteiger partial charge >= 0.3 is 0 Å². The summed E-state index contributed by atoms with van der Waals surface area (Å²) in [4.78, 5) is 15.3. The van der Waals surface area contributed by atoms with Gasteiger partial charge in [0.05, 0.1) is 12.1 Å². The second-order valence-electron chi connectivity index (χ2n) is 2.30. The van der Waals surface area contributed by atoms with Gasteiger partial charge in [0.25, 0.3) is 0 Å². The molecular formula is C8H9BrN2O. The molecular weight excluding hydrogens is 220 g/mol. The van der Waals surface area contributed by atoms with E-state index in [0.29, 0.717) is 16.7 Å². The molecule has 64 valence electrons. The predicted octanol–water partition coefficient (Wildman–Crippen LogP) is 1.25. The van der Waals surface area contributed by atoms with Gasteiger partial charge < -0.3 is 5.32 Å². The van der Waals surface area contributed by atoms with Crippen LogP contribution < -0.4 is 5.32 Å². The van der Waals surface area contributed by atoms with Crippen LogP contribution in [0.4, 0.5) is 0 Å². The summed E-state index contributed by atoms with van der Waals surface area (Å²) in [6.07, 6.45) is 1.64. The maximum atomic E-state index is 11.3. The van der Waals surface area contributed by atoms with Crippen molar-refractivity contribution < 1.29 is 4.79 Å². The number of ketones is 1. The highest BCUT2D eigenvalue weighted by Crippen LogP contribution is 2.12. The predicted molar refractivity (Wildman–Crippen MR) is 50.2 cm³/mol. The third kappa shape index (κ3) is 2.12. The van der Waals surface area contributed by atoms with Crippen LogP contribution in [-0.4, -0.2) is 24.4 Å². The van der Waals surface area contributed by atoms with Crippen LogP contribution in [0.15, 0.2) is 22.9 Å². The van der Waals surface area contributed by atoms with Crippen molar-refractivity contribution in [3.8, 4) is 0 Å². The summed E-state index contributed by atoms with van der Waals surface area (Å²) in [7, 11) is 1.74. The molecule has 1 aromatic rings. The van der Waals surface area contributed by atoms with Gasteiger partial charge in [-0.25, -0.2) is 4.98 Å². The molecule has 0 saturated carbocycles. The number of carbonyl (C=O) groups is 1. The number of nitrogens with zero attached hydrogens (tertiary/aromatic N) is 1. The average Bonchev–Trinajstić information content (AvgIpc) is 2.05. The molecule has 1 rings (SSSR count). The molecule has 0 bridgehead atoms. The van der Waals surface area contributed by atoms with Gasteiger partial charge in [0.15, 0.2) is 5.78 Å². The van der Waals surface area contributed by atoms with Crippen molar-refractivity contribution in [2.24, 2.45) is 0 Å². The number of nitrogens with one attached hydrogen (secondary N) is 1. The van der Waals surface area contributed by atoms with Crippen LogP contribution in [0.2, 0.25) is 0 Å². The molecule has 0 aromatic carbocycles. The van der Waals surface area contributed by atoms with E-state index in [2.05, 4.69) is 26.2 Å². The Morgan fingerprint density at radius 3 is 3.08 bits per heavy atom. The van der Waals surface area contributed by atoms with Gasteiger partial charge in [-0.2, -0.15) is 0 Å². The first-order valence-electron chi connectivity index (χ1n) is 3.54. The smallest absolute Gasteiger partial charge is 0.179 e. The molecule has 3 nitrogen and oxygen atoms in total. The fraction of sp³-hybridized carbons (Fsp3) is 0.250. The zero-order valence-electron chi connectivity index (χ0n) is 6.67. The summed E-state index contributed by atoms with van der Waals surface area (Å²) in [5, 5.41) is 2.80. The van der Waals surface area contributed by atoms with E-state index in [1.165, 1.54) is 0 Å². The van der Waals surface area contributed by atoms with Crippen LogP contribution in [-0.2, 0) is 0 Å². The third-order valence-corrected chi connectivity index (χ3v) is 2.03. The summed E-state index contributed by atoms with van der Waals surface area (Å²) in [5.41, 5.74) is 0.617. The average molecular weight is 229 g/mol. The Labute approximate surface area is 79.3 Å². The Kier molecular flexibility index (Phi) is 3.37. The normalized spacial score (nSPS) is 9.83. The number of aromatic nitrogens is 1. The van der Waals surface area contributed by atoms with Crippen molar-refractivity contribution in [1.29, 1.82) is 0 Å². The van der Waals surface area contributed by atoms with Crippen molar-refractivity contribution in [3.63, 3.8) is 0 Å². The summed E-state index contributed by atoms with van der Waals surface area (Å²) in [5.74, 6) is 0.0393. The fourth-order valence-corrected chi connectivity index (χ4v) is 1.32. The summed E-state index contributed by atoms with van der Waals surface area (Å²) >= 11 is 3.21. The fourth-order valence-electron chi connectivity index (χ4n) is 0.850. The first-order valence-corrected chi connectivity index (χ1v) is 4.33. The number of Topliss-reactive ketones (excluding diaryl/α,β-unsaturated/α-hetero) is 1. The van der Waals surface area contributed by atoms with Crippen LogP contribution in [0.25, 0.3) is 0 Å². The molecule has 12 heavy (non-hydrogen) atoms. The van der Waals surface area contributed by atoms with Crippen LogP contribution in [0.5, 0.6) is 0 Å².